The van der Waals surface area contributed by atoms with E-state index in [1.165, 1.54) is 6.07 Å². The summed E-state index contributed by atoms with van der Waals surface area (Å²) < 4.78 is 60.3. The number of hydrogen-bond acceptors (Lipinski definition) is 3. The van der Waals surface area contributed by atoms with Crippen molar-refractivity contribution < 1.29 is 27.0 Å². The van der Waals surface area contributed by atoms with Gasteiger partial charge in [0.1, 0.15) is 5.82 Å². The van der Waals surface area contributed by atoms with Crippen molar-refractivity contribution >= 4 is 5.69 Å². The van der Waals surface area contributed by atoms with E-state index in [2.05, 4.69) is 5.32 Å². The SMILES string of the molecule is COCCOCCNc1ccc(F)c(C(F)(F)F)c1. The fraction of sp³-hybridized carbons (Fsp3) is 0.500. The molecule has 0 aromatic heterocycles. The normalized spacial score (nSPS) is 11.6. The molecule has 108 valence electrons. The molecule has 0 saturated heterocycles. The molecule has 0 atom stereocenters. The van der Waals surface area contributed by atoms with Crippen LogP contribution in [0.3, 0.4) is 0 Å². The van der Waals surface area contributed by atoms with Crippen LogP contribution in [0, 0.1) is 5.82 Å². The van der Waals surface area contributed by atoms with Gasteiger partial charge in [-0.2, -0.15) is 13.2 Å². The van der Waals surface area contributed by atoms with Gasteiger partial charge in [0.15, 0.2) is 0 Å². The van der Waals surface area contributed by atoms with E-state index < -0.39 is 17.6 Å². The van der Waals surface area contributed by atoms with Gasteiger partial charge in [-0.1, -0.05) is 0 Å². The molecule has 1 aromatic rings. The Labute approximate surface area is 108 Å². The van der Waals surface area contributed by atoms with Crippen molar-refractivity contribution in [3.8, 4) is 0 Å². The van der Waals surface area contributed by atoms with Gasteiger partial charge in [-0.3, -0.25) is 0 Å². The lowest BCUT2D eigenvalue weighted by molar-refractivity contribution is -0.139. The van der Waals surface area contributed by atoms with Crippen LogP contribution >= 0.6 is 0 Å². The maximum atomic E-state index is 13.0. The van der Waals surface area contributed by atoms with E-state index in [0.717, 1.165) is 12.1 Å². The highest BCUT2D eigenvalue weighted by Crippen LogP contribution is 2.32. The highest BCUT2D eigenvalue weighted by molar-refractivity contribution is 5.47. The lowest BCUT2D eigenvalue weighted by Gasteiger charge is -2.11. The van der Waals surface area contributed by atoms with Crippen molar-refractivity contribution in [1.82, 2.24) is 0 Å². The van der Waals surface area contributed by atoms with E-state index in [0.29, 0.717) is 26.4 Å². The molecule has 0 radical (unpaired) electrons. The Kier molecular flexibility index (Phi) is 6.04. The average molecular weight is 281 g/mol. The summed E-state index contributed by atoms with van der Waals surface area (Å²) in [4.78, 5) is 0. The van der Waals surface area contributed by atoms with Gasteiger partial charge < -0.3 is 14.8 Å². The number of rotatable bonds is 7. The molecule has 1 N–H and O–H groups in total. The molecule has 0 spiro atoms. The number of alkyl halides is 3. The quantitative estimate of drug-likeness (QED) is 0.616. The van der Waals surface area contributed by atoms with E-state index in [-0.39, 0.29) is 5.69 Å². The highest BCUT2D eigenvalue weighted by Gasteiger charge is 2.34. The predicted molar refractivity (Wildman–Crippen MR) is 62.6 cm³/mol. The Morgan fingerprint density at radius 3 is 2.53 bits per heavy atom. The minimum Gasteiger partial charge on any atom is -0.383 e. The fourth-order valence-corrected chi connectivity index (χ4v) is 1.36. The monoisotopic (exact) mass is 281 g/mol. The van der Waals surface area contributed by atoms with Crippen LogP contribution in [0.1, 0.15) is 5.56 Å². The largest absolute Gasteiger partial charge is 0.419 e. The molecule has 7 heteroatoms. The highest BCUT2D eigenvalue weighted by atomic mass is 19.4. The van der Waals surface area contributed by atoms with Gasteiger partial charge in [0.25, 0.3) is 0 Å². The summed E-state index contributed by atoms with van der Waals surface area (Å²) in [5.41, 5.74) is -1.08. The maximum absolute atomic E-state index is 13.0. The topological polar surface area (TPSA) is 30.5 Å². The average Bonchev–Trinajstić information content (AvgIpc) is 2.34. The van der Waals surface area contributed by atoms with Gasteiger partial charge in [0, 0.05) is 19.3 Å². The van der Waals surface area contributed by atoms with Gasteiger partial charge >= 0.3 is 6.18 Å². The van der Waals surface area contributed by atoms with Gasteiger partial charge in [0.05, 0.1) is 25.4 Å². The number of hydrogen-bond donors (Lipinski definition) is 1. The zero-order valence-electron chi connectivity index (χ0n) is 10.4. The molecule has 0 heterocycles. The summed E-state index contributed by atoms with van der Waals surface area (Å²) in [6, 6.07) is 2.78. The van der Waals surface area contributed by atoms with Crippen molar-refractivity contribution in [2.75, 3.05) is 38.8 Å². The van der Waals surface area contributed by atoms with E-state index in [1.807, 2.05) is 0 Å². The first-order valence-electron chi connectivity index (χ1n) is 5.62. The van der Waals surface area contributed by atoms with Crippen molar-refractivity contribution in [2.24, 2.45) is 0 Å². The van der Waals surface area contributed by atoms with Crippen LogP contribution in [0.4, 0.5) is 23.2 Å². The standard InChI is InChI=1S/C12H15F4NO2/c1-18-6-7-19-5-4-17-9-2-3-11(13)10(8-9)12(14,15)16/h2-3,8,17H,4-7H2,1H3. The van der Waals surface area contributed by atoms with Gasteiger partial charge in [-0.15, -0.1) is 0 Å². The minimum absolute atomic E-state index is 0.198. The van der Waals surface area contributed by atoms with Crippen LogP contribution in [0.2, 0.25) is 0 Å². The smallest absolute Gasteiger partial charge is 0.383 e. The third-order valence-corrected chi connectivity index (χ3v) is 2.28. The number of methoxy groups -OCH3 is 1. The second-order valence-electron chi connectivity index (χ2n) is 3.72. The molecule has 0 bridgehead atoms. The summed E-state index contributed by atoms with van der Waals surface area (Å²) in [5, 5.41) is 2.73. The summed E-state index contributed by atoms with van der Waals surface area (Å²) in [6.45, 7) is 1.51. The van der Waals surface area contributed by atoms with Crippen molar-refractivity contribution in [1.29, 1.82) is 0 Å². The molecule has 3 nitrogen and oxygen atoms in total. The Morgan fingerprint density at radius 2 is 1.89 bits per heavy atom. The molecule has 0 fully saturated rings. The number of ether oxygens (including phenoxy) is 2. The lowest BCUT2D eigenvalue weighted by Crippen LogP contribution is -2.13. The van der Waals surface area contributed by atoms with Gasteiger partial charge in [-0.25, -0.2) is 4.39 Å². The third kappa shape index (κ3) is 5.44. The molecule has 1 rings (SSSR count). The summed E-state index contributed by atoms with van der Waals surface area (Å²) in [7, 11) is 1.54. The number of nitrogens with one attached hydrogen (secondary N) is 1. The maximum Gasteiger partial charge on any atom is 0.419 e. The molecule has 19 heavy (non-hydrogen) atoms. The second kappa shape index (κ2) is 7.30. The zero-order chi connectivity index (χ0) is 14.3. The van der Waals surface area contributed by atoms with Crippen LogP contribution in [0.25, 0.3) is 0 Å². The molecular weight excluding hydrogens is 266 g/mol. The molecule has 1 aromatic carbocycles. The number of halogens is 4. The van der Waals surface area contributed by atoms with Gasteiger partial charge in [-0.05, 0) is 18.2 Å². The first kappa shape index (κ1) is 15.7. The van der Waals surface area contributed by atoms with Crippen molar-refractivity contribution in [2.45, 2.75) is 6.18 Å². The Morgan fingerprint density at radius 1 is 1.16 bits per heavy atom. The summed E-state index contributed by atoms with van der Waals surface area (Å²) >= 11 is 0. The Bertz CT molecular complexity index is 396. The van der Waals surface area contributed by atoms with E-state index in [9.17, 15) is 17.6 Å². The van der Waals surface area contributed by atoms with E-state index in [4.69, 9.17) is 9.47 Å². The molecule has 0 saturated carbocycles. The van der Waals surface area contributed by atoms with E-state index in [1.54, 1.807) is 7.11 Å². The first-order chi connectivity index (χ1) is 8.95. The molecular formula is C12H15F4NO2. The molecule has 0 unspecified atom stereocenters. The second-order valence-corrected chi connectivity index (χ2v) is 3.72. The van der Waals surface area contributed by atoms with Crippen molar-refractivity contribution in [3.63, 3.8) is 0 Å². The molecule has 0 aliphatic carbocycles. The van der Waals surface area contributed by atoms with Gasteiger partial charge in [0.2, 0.25) is 0 Å². The molecule has 0 aliphatic heterocycles. The van der Waals surface area contributed by atoms with Crippen LogP contribution in [0.5, 0.6) is 0 Å². The third-order valence-electron chi connectivity index (χ3n) is 2.28. The molecule has 0 aliphatic rings. The van der Waals surface area contributed by atoms with Crippen molar-refractivity contribution in [3.05, 3.63) is 29.6 Å². The molecule has 0 amide bonds. The minimum atomic E-state index is -4.70. The van der Waals surface area contributed by atoms with Crippen LogP contribution < -0.4 is 5.32 Å². The van der Waals surface area contributed by atoms with E-state index >= 15 is 0 Å². The Hall–Kier alpha value is -1.34. The first-order valence-corrected chi connectivity index (χ1v) is 5.62. The van der Waals surface area contributed by atoms with Crippen LogP contribution in [0.15, 0.2) is 18.2 Å². The predicted octanol–water partition coefficient (Wildman–Crippen LogP) is 2.92. The zero-order valence-corrected chi connectivity index (χ0v) is 10.4. The summed E-state index contributed by atoms with van der Waals surface area (Å²) in [5.74, 6) is -1.28. The number of benzene rings is 1. The Balaban J connectivity index is 2.47. The number of anilines is 1. The van der Waals surface area contributed by atoms with Crippen LogP contribution in [-0.4, -0.2) is 33.5 Å². The lowest BCUT2D eigenvalue weighted by atomic mass is 10.2. The van der Waals surface area contributed by atoms with Crippen LogP contribution in [-0.2, 0) is 15.7 Å². The fourth-order valence-electron chi connectivity index (χ4n) is 1.36. The summed E-state index contributed by atoms with van der Waals surface area (Å²) in [6.07, 6.45) is -4.70.